The van der Waals surface area contributed by atoms with E-state index >= 15 is 0 Å². The van der Waals surface area contributed by atoms with Crippen LogP contribution >= 0.6 is 11.3 Å². The lowest BCUT2D eigenvalue weighted by molar-refractivity contribution is -0.384. The summed E-state index contributed by atoms with van der Waals surface area (Å²) in [4.78, 5) is 27.1. The lowest BCUT2D eigenvalue weighted by Crippen LogP contribution is -2.08. The number of nitro benzene ring substituents is 1. The number of nitrogens with one attached hydrogen (secondary N) is 1. The van der Waals surface area contributed by atoms with Gasteiger partial charge in [0.05, 0.1) is 24.8 Å². The molecule has 0 atom stereocenters. The zero-order valence-corrected chi connectivity index (χ0v) is 16.4. The van der Waals surface area contributed by atoms with Crippen molar-refractivity contribution in [2.75, 3.05) is 19.5 Å². The summed E-state index contributed by atoms with van der Waals surface area (Å²) in [5.74, 6) is 0.211. The molecule has 0 saturated carbocycles. The number of non-ortho nitro benzene ring substituents is 1. The highest BCUT2D eigenvalue weighted by Gasteiger charge is 2.19. The van der Waals surface area contributed by atoms with Crippen LogP contribution in [0.2, 0.25) is 0 Å². The fourth-order valence-corrected chi connectivity index (χ4v) is 3.13. The van der Waals surface area contributed by atoms with Crippen LogP contribution in [0.3, 0.4) is 0 Å². The zero-order valence-electron chi connectivity index (χ0n) is 15.6. The van der Waals surface area contributed by atoms with Crippen molar-refractivity contribution in [3.8, 4) is 11.5 Å². The molecule has 3 rings (SSSR count). The Hall–Kier alpha value is -3.66. The van der Waals surface area contributed by atoms with Crippen molar-refractivity contribution in [2.45, 2.75) is 6.61 Å². The number of methoxy groups -OCH3 is 2. The van der Waals surface area contributed by atoms with E-state index in [2.05, 4.69) is 10.3 Å². The topological polar surface area (TPSA) is 113 Å². The average molecular weight is 415 g/mol. The number of aromatic nitrogens is 1. The van der Waals surface area contributed by atoms with Gasteiger partial charge in [0, 0.05) is 23.2 Å². The number of carbonyl (C=O) groups excluding carboxylic acids is 1. The molecule has 1 heterocycles. The number of benzene rings is 2. The minimum absolute atomic E-state index is 0.0199. The largest absolute Gasteiger partial charge is 0.497 e. The van der Waals surface area contributed by atoms with Gasteiger partial charge in [0.15, 0.2) is 5.13 Å². The Morgan fingerprint density at radius 3 is 2.59 bits per heavy atom. The Bertz CT molecular complexity index is 1020. The van der Waals surface area contributed by atoms with Crippen LogP contribution in [0, 0.1) is 10.1 Å². The minimum Gasteiger partial charge on any atom is -0.497 e. The second-order valence-electron chi connectivity index (χ2n) is 5.72. The van der Waals surface area contributed by atoms with Crippen molar-refractivity contribution < 1.29 is 23.9 Å². The van der Waals surface area contributed by atoms with Crippen molar-refractivity contribution in [1.82, 2.24) is 4.98 Å². The van der Waals surface area contributed by atoms with E-state index in [0.29, 0.717) is 10.8 Å². The first-order valence-electron chi connectivity index (χ1n) is 8.35. The van der Waals surface area contributed by atoms with Crippen LogP contribution in [0.5, 0.6) is 11.5 Å². The van der Waals surface area contributed by atoms with E-state index in [4.69, 9.17) is 14.2 Å². The van der Waals surface area contributed by atoms with E-state index in [9.17, 15) is 14.9 Å². The van der Waals surface area contributed by atoms with Gasteiger partial charge < -0.3 is 19.5 Å². The van der Waals surface area contributed by atoms with Crippen molar-refractivity contribution >= 4 is 33.8 Å². The molecule has 0 amide bonds. The van der Waals surface area contributed by atoms with Gasteiger partial charge in [-0.2, -0.15) is 0 Å². The second-order valence-corrected chi connectivity index (χ2v) is 6.57. The molecule has 0 aliphatic rings. The number of rotatable bonds is 8. The molecular formula is C19H17N3O6S. The van der Waals surface area contributed by atoms with E-state index in [0.717, 1.165) is 17.5 Å². The maximum atomic E-state index is 12.4. The van der Waals surface area contributed by atoms with Crippen LogP contribution < -0.4 is 14.8 Å². The molecule has 2 aromatic carbocycles. The Morgan fingerprint density at radius 2 is 1.93 bits per heavy atom. The molecule has 1 aromatic heterocycles. The monoisotopic (exact) mass is 415 g/mol. The van der Waals surface area contributed by atoms with Crippen molar-refractivity contribution in [3.63, 3.8) is 0 Å². The molecule has 0 unspecified atom stereocenters. The quantitative estimate of drug-likeness (QED) is 0.331. The number of ether oxygens (including phenoxy) is 3. The first kappa shape index (κ1) is 20.1. The molecule has 10 heteroatoms. The zero-order chi connectivity index (χ0) is 20.8. The molecule has 0 fully saturated rings. The van der Waals surface area contributed by atoms with Crippen LogP contribution in [0.4, 0.5) is 16.5 Å². The van der Waals surface area contributed by atoms with E-state index in [1.807, 2.05) is 24.3 Å². The normalized spacial score (nSPS) is 10.3. The van der Waals surface area contributed by atoms with Crippen LogP contribution in [0.25, 0.3) is 0 Å². The van der Waals surface area contributed by atoms with E-state index in [-0.39, 0.29) is 23.6 Å². The Morgan fingerprint density at radius 1 is 1.17 bits per heavy atom. The second kappa shape index (κ2) is 9.02. The highest BCUT2D eigenvalue weighted by Crippen LogP contribution is 2.26. The van der Waals surface area contributed by atoms with E-state index in [1.54, 1.807) is 12.5 Å². The minimum atomic E-state index is -0.733. The predicted octanol–water partition coefficient (Wildman–Crippen LogP) is 4.17. The lowest BCUT2D eigenvalue weighted by atomic mass is 10.2. The molecule has 150 valence electrons. The molecule has 0 aliphatic carbocycles. The number of nitrogens with zero attached hydrogens (tertiary/aromatic N) is 2. The summed E-state index contributed by atoms with van der Waals surface area (Å²) in [6.45, 7) is -0.0779. The number of hydrogen-bond donors (Lipinski definition) is 1. The summed E-state index contributed by atoms with van der Waals surface area (Å²) >= 11 is 1.36. The molecule has 29 heavy (non-hydrogen) atoms. The third kappa shape index (κ3) is 4.99. The third-order valence-corrected chi connectivity index (χ3v) is 4.66. The molecule has 0 bridgehead atoms. The Kier molecular flexibility index (Phi) is 6.25. The number of anilines is 2. The van der Waals surface area contributed by atoms with Crippen molar-refractivity contribution in [1.29, 1.82) is 0 Å². The summed E-state index contributed by atoms with van der Waals surface area (Å²) in [6.07, 6.45) is 0. The number of hydrogen-bond acceptors (Lipinski definition) is 9. The third-order valence-electron chi connectivity index (χ3n) is 3.86. The average Bonchev–Trinajstić information content (AvgIpc) is 3.19. The number of nitro groups is 1. The standard InChI is InChI=1S/C19H17N3O6S/c1-26-15-6-3-12(4-7-15)20-19-21-13(11-29-19)10-28-18(23)16-9-14(22(24)25)5-8-17(16)27-2/h3-9,11H,10H2,1-2H3,(H,20,21). The van der Waals surface area contributed by atoms with Crippen LogP contribution in [-0.2, 0) is 11.3 Å². The summed E-state index contributed by atoms with van der Waals surface area (Å²) in [5.41, 5.74) is 1.14. The first-order valence-corrected chi connectivity index (χ1v) is 9.23. The predicted molar refractivity (Wildman–Crippen MR) is 107 cm³/mol. The van der Waals surface area contributed by atoms with Gasteiger partial charge in [-0.3, -0.25) is 10.1 Å². The number of esters is 1. The van der Waals surface area contributed by atoms with Gasteiger partial charge in [0.25, 0.3) is 5.69 Å². The maximum absolute atomic E-state index is 12.4. The molecule has 0 radical (unpaired) electrons. The molecular weight excluding hydrogens is 398 g/mol. The number of thiazole rings is 1. The van der Waals surface area contributed by atoms with Gasteiger partial charge in [0.1, 0.15) is 23.7 Å². The van der Waals surface area contributed by atoms with Crippen molar-refractivity contribution in [3.05, 3.63) is 69.2 Å². The summed E-state index contributed by atoms with van der Waals surface area (Å²) in [7, 11) is 2.97. The van der Waals surface area contributed by atoms with Gasteiger partial charge in [-0.25, -0.2) is 9.78 Å². The fourth-order valence-electron chi connectivity index (χ4n) is 2.41. The summed E-state index contributed by atoms with van der Waals surface area (Å²) in [5, 5.41) is 16.5. The molecule has 3 aromatic rings. The van der Waals surface area contributed by atoms with Gasteiger partial charge >= 0.3 is 5.97 Å². The van der Waals surface area contributed by atoms with E-state index in [1.165, 1.54) is 30.6 Å². The Labute approximate surface area is 170 Å². The van der Waals surface area contributed by atoms with Crippen LogP contribution in [-0.4, -0.2) is 30.1 Å². The molecule has 1 N–H and O–H groups in total. The Balaban J connectivity index is 1.64. The summed E-state index contributed by atoms with van der Waals surface area (Å²) < 4.78 is 15.4. The number of carbonyl (C=O) groups is 1. The molecule has 0 spiro atoms. The molecule has 9 nitrogen and oxygen atoms in total. The van der Waals surface area contributed by atoms with Gasteiger partial charge in [-0.1, -0.05) is 0 Å². The van der Waals surface area contributed by atoms with Gasteiger partial charge in [0.2, 0.25) is 0 Å². The smallest absolute Gasteiger partial charge is 0.342 e. The highest BCUT2D eigenvalue weighted by molar-refractivity contribution is 7.13. The SMILES string of the molecule is COc1ccc(Nc2nc(COC(=O)c3cc([N+](=O)[O-])ccc3OC)cs2)cc1. The van der Waals surface area contributed by atoms with Crippen LogP contribution in [0.15, 0.2) is 47.8 Å². The van der Waals surface area contributed by atoms with Gasteiger partial charge in [-0.15, -0.1) is 11.3 Å². The molecule has 0 aliphatic heterocycles. The van der Waals surface area contributed by atoms with E-state index < -0.39 is 10.9 Å². The first-order chi connectivity index (χ1) is 14.0. The van der Waals surface area contributed by atoms with Crippen LogP contribution in [0.1, 0.15) is 16.1 Å². The van der Waals surface area contributed by atoms with Crippen molar-refractivity contribution in [2.24, 2.45) is 0 Å². The maximum Gasteiger partial charge on any atom is 0.342 e. The molecule has 0 saturated heterocycles. The van der Waals surface area contributed by atoms with Gasteiger partial charge in [-0.05, 0) is 30.3 Å². The lowest BCUT2D eigenvalue weighted by Gasteiger charge is -2.08. The highest BCUT2D eigenvalue weighted by atomic mass is 32.1. The fraction of sp³-hybridized carbons (Fsp3) is 0.158. The summed E-state index contributed by atoms with van der Waals surface area (Å²) in [6, 6.07) is 11.1.